The zero-order valence-electron chi connectivity index (χ0n) is 10.7. The van der Waals surface area contributed by atoms with Gasteiger partial charge in [-0.3, -0.25) is 10.1 Å². The Morgan fingerprint density at radius 1 is 1.53 bits per heavy atom. The predicted molar refractivity (Wildman–Crippen MR) is 71.0 cm³/mol. The van der Waals surface area contributed by atoms with Crippen LogP contribution in [0.15, 0.2) is 17.5 Å². The van der Waals surface area contributed by atoms with Crippen LogP contribution in [0.4, 0.5) is 0 Å². The molecule has 1 aromatic rings. The van der Waals surface area contributed by atoms with E-state index >= 15 is 0 Å². The Morgan fingerprint density at radius 3 is 2.82 bits per heavy atom. The van der Waals surface area contributed by atoms with E-state index in [-0.39, 0.29) is 17.9 Å². The molecule has 0 radical (unpaired) electrons. The summed E-state index contributed by atoms with van der Waals surface area (Å²) < 4.78 is 5.10. The molecule has 2 atom stereocenters. The Morgan fingerprint density at radius 2 is 2.29 bits per heavy atom. The van der Waals surface area contributed by atoms with Crippen LogP contribution in [-0.2, 0) is 16.1 Å². The normalized spacial score (nSPS) is 14.3. The maximum atomic E-state index is 11.8. The van der Waals surface area contributed by atoms with Crippen LogP contribution in [0.5, 0.6) is 0 Å². The summed E-state index contributed by atoms with van der Waals surface area (Å²) in [4.78, 5) is 13.1. The third-order valence-electron chi connectivity index (χ3n) is 2.83. The lowest BCUT2D eigenvalue weighted by Crippen LogP contribution is -2.42. The molecule has 0 bridgehead atoms. The molecule has 0 aliphatic rings. The molecule has 1 aromatic heterocycles. The first-order chi connectivity index (χ1) is 8.19. The van der Waals surface area contributed by atoms with Crippen molar-refractivity contribution in [3.8, 4) is 0 Å². The van der Waals surface area contributed by atoms with Crippen molar-refractivity contribution in [3.63, 3.8) is 0 Å². The van der Waals surface area contributed by atoms with Crippen molar-refractivity contribution in [2.45, 2.75) is 39.8 Å². The number of carbonyl (C=O) groups excluding carboxylic acids is 1. The maximum Gasteiger partial charge on any atom is 0.323 e. The van der Waals surface area contributed by atoms with E-state index in [4.69, 9.17) is 4.74 Å². The molecule has 0 saturated heterocycles. The molecule has 0 aliphatic heterocycles. The SMILES string of the molecule is CCOC(=O)C(NCc1cccs1)C(C)CC. The van der Waals surface area contributed by atoms with Crippen molar-refractivity contribution in [1.29, 1.82) is 0 Å². The molecule has 3 nitrogen and oxygen atoms in total. The predicted octanol–water partition coefficient (Wildman–Crippen LogP) is 2.82. The number of hydrogen-bond donors (Lipinski definition) is 1. The molecule has 17 heavy (non-hydrogen) atoms. The molecule has 1 N–H and O–H groups in total. The summed E-state index contributed by atoms with van der Waals surface area (Å²) in [6.07, 6.45) is 0.959. The molecule has 96 valence electrons. The average molecular weight is 255 g/mol. The summed E-state index contributed by atoms with van der Waals surface area (Å²) in [5, 5.41) is 5.33. The van der Waals surface area contributed by atoms with Gasteiger partial charge in [0.25, 0.3) is 0 Å². The van der Waals surface area contributed by atoms with Crippen LogP contribution in [0.3, 0.4) is 0 Å². The number of rotatable bonds is 7. The molecular weight excluding hydrogens is 234 g/mol. The standard InChI is InChI=1S/C13H21NO2S/c1-4-10(3)12(13(15)16-5-2)14-9-11-7-6-8-17-11/h6-8,10,12,14H,4-5,9H2,1-3H3. The first-order valence-corrected chi connectivity index (χ1v) is 6.99. The summed E-state index contributed by atoms with van der Waals surface area (Å²) in [6.45, 7) is 7.16. The largest absolute Gasteiger partial charge is 0.465 e. The van der Waals surface area contributed by atoms with E-state index < -0.39 is 0 Å². The van der Waals surface area contributed by atoms with E-state index in [2.05, 4.69) is 25.2 Å². The quantitative estimate of drug-likeness (QED) is 0.761. The fourth-order valence-electron chi connectivity index (χ4n) is 1.61. The van der Waals surface area contributed by atoms with Gasteiger partial charge < -0.3 is 4.74 Å². The van der Waals surface area contributed by atoms with Crippen LogP contribution in [0, 0.1) is 5.92 Å². The smallest absolute Gasteiger partial charge is 0.323 e. The van der Waals surface area contributed by atoms with Gasteiger partial charge in [-0.15, -0.1) is 11.3 Å². The van der Waals surface area contributed by atoms with Gasteiger partial charge >= 0.3 is 5.97 Å². The molecule has 1 rings (SSSR count). The Labute approximate surface area is 107 Å². The fourth-order valence-corrected chi connectivity index (χ4v) is 2.26. The highest BCUT2D eigenvalue weighted by molar-refractivity contribution is 7.09. The highest BCUT2D eigenvalue weighted by Crippen LogP contribution is 2.13. The Hall–Kier alpha value is -0.870. The molecule has 0 spiro atoms. The number of thiophene rings is 1. The van der Waals surface area contributed by atoms with Gasteiger partial charge in [-0.2, -0.15) is 0 Å². The third-order valence-corrected chi connectivity index (χ3v) is 3.71. The number of hydrogen-bond acceptors (Lipinski definition) is 4. The van der Waals surface area contributed by atoms with Crippen molar-refractivity contribution in [3.05, 3.63) is 22.4 Å². The van der Waals surface area contributed by atoms with E-state index in [1.54, 1.807) is 11.3 Å². The van der Waals surface area contributed by atoms with Gasteiger partial charge in [-0.05, 0) is 24.3 Å². The summed E-state index contributed by atoms with van der Waals surface area (Å²) in [6, 6.07) is 3.88. The van der Waals surface area contributed by atoms with Crippen molar-refractivity contribution < 1.29 is 9.53 Å². The summed E-state index contributed by atoms with van der Waals surface area (Å²) in [5.74, 6) is 0.146. The van der Waals surface area contributed by atoms with Crippen LogP contribution >= 0.6 is 11.3 Å². The Balaban J connectivity index is 2.54. The Kier molecular flexibility index (Phi) is 6.22. The minimum Gasteiger partial charge on any atom is -0.465 e. The summed E-state index contributed by atoms with van der Waals surface area (Å²) in [7, 11) is 0. The number of carbonyl (C=O) groups is 1. The monoisotopic (exact) mass is 255 g/mol. The van der Waals surface area contributed by atoms with Crippen LogP contribution < -0.4 is 5.32 Å². The Bertz CT molecular complexity index is 324. The van der Waals surface area contributed by atoms with E-state index in [0.717, 1.165) is 13.0 Å². The minimum atomic E-state index is -0.206. The van der Waals surface area contributed by atoms with Crippen molar-refractivity contribution in [1.82, 2.24) is 5.32 Å². The topological polar surface area (TPSA) is 38.3 Å². The number of nitrogens with one attached hydrogen (secondary N) is 1. The molecule has 4 heteroatoms. The molecule has 0 saturated carbocycles. The fraction of sp³-hybridized carbons (Fsp3) is 0.615. The van der Waals surface area contributed by atoms with E-state index in [1.807, 2.05) is 18.4 Å². The van der Waals surface area contributed by atoms with Crippen LogP contribution in [0.25, 0.3) is 0 Å². The number of ether oxygens (including phenoxy) is 1. The average Bonchev–Trinajstić information content (AvgIpc) is 2.82. The summed E-state index contributed by atoms with van der Waals surface area (Å²) in [5.41, 5.74) is 0. The second-order valence-corrected chi connectivity index (χ2v) is 5.11. The van der Waals surface area contributed by atoms with Gasteiger partial charge in [0.15, 0.2) is 0 Å². The van der Waals surface area contributed by atoms with Gasteiger partial charge in [0, 0.05) is 11.4 Å². The van der Waals surface area contributed by atoms with E-state index in [0.29, 0.717) is 6.61 Å². The van der Waals surface area contributed by atoms with Crippen molar-refractivity contribution in [2.75, 3.05) is 6.61 Å². The third kappa shape index (κ3) is 4.48. The van der Waals surface area contributed by atoms with Crippen molar-refractivity contribution >= 4 is 17.3 Å². The molecule has 0 aliphatic carbocycles. The lowest BCUT2D eigenvalue weighted by molar-refractivity contribution is -0.147. The second-order valence-electron chi connectivity index (χ2n) is 4.08. The van der Waals surface area contributed by atoms with Crippen molar-refractivity contribution in [2.24, 2.45) is 5.92 Å². The zero-order chi connectivity index (χ0) is 12.7. The minimum absolute atomic E-state index is 0.140. The molecule has 2 unspecified atom stereocenters. The summed E-state index contributed by atoms with van der Waals surface area (Å²) >= 11 is 1.69. The first kappa shape index (κ1) is 14.2. The zero-order valence-corrected chi connectivity index (χ0v) is 11.5. The highest BCUT2D eigenvalue weighted by Gasteiger charge is 2.24. The van der Waals surface area contributed by atoms with Gasteiger partial charge in [-0.25, -0.2) is 0 Å². The lowest BCUT2D eigenvalue weighted by atomic mass is 9.99. The van der Waals surface area contributed by atoms with Gasteiger partial charge in [0.2, 0.25) is 0 Å². The van der Waals surface area contributed by atoms with Crippen LogP contribution in [0.1, 0.15) is 32.1 Å². The van der Waals surface area contributed by atoms with E-state index in [1.165, 1.54) is 4.88 Å². The van der Waals surface area contributed by atoms with Gasteiger partial charge in [0.1, 0.15) is 6.04 Å². The van der Waals surface area contributed by atoms with Crippen LogP contribution in [-0.4, -0.2) is 18.6 Å². The number of esters is 1. The molecule has 0 amide bonds. The van der Waals surface area contributed by atoms with Gasteiger partial charge in [0.05, 0.1) is 6.61 Å². The lowest BCUT2D eigenvalue weighted by Gasteiger charge is -2.22. The molecular formula is C13H21NO2S. The van der Waals surface area contributed by atoms with E-state index in [9.17, 15) is 4.79 Å². The molecule has 0 fully saturated rings. The molecule has 0 aromatic carbocycles. The van der Waals surface area contributed by atoms with Crippen LogP contribution in [0.2, 0.25) is 0 Å². The maximum absolute atomic E-state index is 11.8. The second kappa shape index (κ2) is 7.45. The molecule has 1 heterocycles. The first-order valence-electron chi connectivity index (χ1n) is 6.11. The highest BCUT2D eigenvalue weighted by atomic mass is 32.1. The van der Waals surface area contributed by atoms with Gasteiger partial charge in [-0.1, -0.05) is 26.3 Å².